The molecule has 79 heavy (non-hydrogen) atoms. The maximum Gasteiger partial charge on any atom is 0.410 e. The Labute approximate surface area is 469 Å². The van der Waals surface area contributed by atoms with Crippen molar-refractivity contribution in [3.8, 4) is 22.6 Å². The second kappa shape index (κ2) is 28.6. The Hall–Kier alpha value is -6.54. The number of carbonyl (C=O) groups is 6. The molecule has 428 valence electrons. The molecule has 1 heterocycles. The molecule has 3 amide bonds. The predicted molar refractivity (Wildman–Crippen MR) is 307 cm³/mol. The molecule has 14 nitrogen and oxygen atoms in total. The summed E-state index contributed by atoms with van der Waals surface area (Å²) in [6.45, 7) is 16.2. The van der Waals surface area contributed by atoms with E-state index in [9.17, 15) is 28.8 Å². The minimum Gasteiger partial charge on any atom is -0.497 e. The minimum atomic E-state index is -0.841. The van der Waals surface area contributed by atoms with Gasteiger partial charge in [-0.15, -0.1) is 0 Å². The molecule has 1 aliphatic carbocycles. The van der Waals surface area contributed by atoms with Crippen LogP contribution in [0.5, 0.6) is 11.5 Å². The number of amides is 3. The first-order valence-electron chi connectivity index (χ1n) is 28.4. The number of methoxy groups -OCH3 is 3. The Morgan fingerprint density at radius 1 is 0.696 bits per heavy atom. The van der Waals surface area contributed by atoms with E-state index in [4.69, 9.17) is 23.7 Å². The van der Waals surface area contributed by atoms with Gasteiger partial charge in [-0.3, -0.25) is 24.0 Å². The average molecular weight is 1090 g/mol. The van der Waals surface area contributed by atoms with Gasteiger partial charge in [0.1, 0.15) is 30.5 Å². The molecule has 9 atom stereocenters. The van der Waals surface area contributed by atoms with E-state index in [-0.39, 0.29) is 91.5 Å². The van der Waals surface area contributed by atoms with Crippen LogP contribution in [0.3, 0.4) is 0 Å². The van der Waals surface area contributed by atoms with Gasteiger partial charge >= 0.3 is 12.1 Å². The number of esters is 1. The first-order valence-corrected chi connectivity index (χ1v) is 28.4. The number of carbonyl (C=O) groups excluding carboxylic acids is 6. The first-order chi connectivity index (χ1) is 37.8. The van der Waals surface area contributed by atoms with Crippen LogP contribution in [0.2, 0.25) is 0 Å². The highest BCUT2D eigenvalue weighted by molar-refractivity contribution is 5.92. The van der Waals surface area contributed by atoms with Crippen LogP contribution < -0.4 is 9.47 Å². The summed E-state index contributed by atoms with van der Waals surface area (Å²) in [6, 6.07) is 29.5. The number of likely N-dealkylation sites (N-methyl/N-ethyl adjacent to an activating group) is 2. The van der Waals surface area contributed by atoms with Crippen molar-refractivity contribution in [2.45, 2.75) is 137 Å². The molecular weight excluding hydrogens is 999 g/mol. The van der Waals surface area contributed by atoms with Crippen LogP contribution in [0.4, 0.5) is 4.79 Å². The molecular formula is C65H87N3O11. The smallest absolute Gasteiger partial charge is 0.410 e. The first kappa shape index (κ1) is 61.7. The van der Waals surface area contributed by atoms with E-state index in [2.05, 4.69) is 24.3 Å². The number of benzene rings is 4. The second-order valence-corrected chi connectivity index (χ2v) is 22.7. The topological polar surface area (TPSA) is 158 Å². The summed E-state index contributed by atoms with van der Waals surface area (Å²) < 4.78 is 28.9. The molecule has 0 N–H and O–H groups in total. The molecule has 2 aliphatic rings. The number of Topliss-reactive ketones (excluding diaryl/α,β-unsaturated/α-hetero) is 2. The third kappa shape index (κ3) is 14.8. The zero-order valence-electron chi connectivity index (χ0n) is 49.1. The summed E-state index contributed by atoms with van der Waals surface area (Å²) in [5.74, 6) is -2.92. The lowest BCUT2D eigenvalue weighted by Crippen LogP contribution is -2.54. The van der Waals surface area contributed by atoms with Crippen molar-refractivity contribution in [1.82, 2.24) is 14.7 Å². The molecule has 4 aromatic rings. The monoisotopic (exact) mass is 1090 g/mol. The van der Waals surface area contributed by atoms with Crippen molar-refractivity contribution in [3.63, 3.8) is 0 Å². The summed E-state index contributed by atoms with van der Waals surface area (Å²) in [6.07, 6.45) is 1.09. The van der Waals surface area contributed by atoms with Gasteiger partial charge in [-0.05, 0) is 82.9 Å². The third-order valence-electron chi connectivity index (χ3n) is 17.1. The SMILES string of the molecule is CC[C@H](C)[C@@H]([C@@H](CC(=O)N1CCC[C@H]1[C@H](C)[C@@H](C)C(=O)C[C@@H](Cc1ccccc1)C(=O)OCc1ccc(OC)cc1OC)OC)N(C)C(=O)[C@@H](CC(=O)[C@H](C(C)C)N(C)C(=O)OCC1c2ccccc2-c2ccccc21)C(C)C. The van der Waals surface area contributed by atoms with Crippen LogP contribution in [0.15, 0.2) is 97.1 Å². The molecule has 6 rings (SSSR count). The van der Waals surface area contributed by atoms with E-state index in [1.807, 2.05) is 115 Å². The van der Waals surface area contributed by atoms with Crippen LogP contribution in [-0.4, -0.2) is 123 Å². The fourth-order valence-corrected chi connectivity index (χ4v) is 12.1. The third-order valence-corrected chi connectivity index (χ3v) is 17.1. The minimum absolute atomic E-state index is 0.00424. The lowest BCUT2D eigenvalue weighted by atomic mass is 9.81. The lowest BCUT2D eigenvalue weighted by Gasteiger charge is -2.41. The summed E-state index contributed by atoms with van der Waals surface area (Å²) in [7, 11) is 8.00. The number of fused-ring (bicyclic) bond motifs is 3. The number of hydrogen-bond donors (Lipinski definition) is 0. The Balaban J connectivity index is 1.10. The summed E-state index contributed by atoms with van der Waals surface area (Å²) >= 11 is 0. The number of likely N-dealkylation sites (tertiary alicyclic amines) is 1. The largest absolute Gasteiger partial charge is 0.497 e. The molecule has 0 spiro atoms. The quantitative estimate of drug-likeness (QED) is 0.0498. The van der Waals surface area contributed by atoms with Gasteiger partial charge in [0.15, 0.2) is 5.78 Å². The highest BCUT2D eigenvalue weighted by atomic mass is 16.6. The highest BCUT2D eigenvalue weighted by Crippen LogP contribution is 2.45. The summed E-state index contributed by atoms with van der Waals surface area (Å²) in [5.41, 5.74) is 6.00. The van der Waals surface area contributed by atoms with E-state index in [1.165, 1.54) is 12.0 Å². The second-order valence-electron chi connectivity index (χ2n) is 22.7. The van der Waals surface area contributed by atoms with Crippen molar-refractivity contribution in [2.24, 2.45) is 41.4 Å². The van der Waals surface area contributed by atoms with Gasteiger partial charge in [-0.1, -0.05) is 141 Å². The number of ketones is 2. The Bertz CT molecular complexity index is 2660. The fourth-order valence-electron chi connectivity index (χ4n) is 12.1. The van der Waals surface area contributed by atoms with Gasteiger partial charge in [0, 0.05) is 76.0 Å². The lowest BCUT2D eigenvalue weighted by molar-refractivity contribution is -0.152. The zero-order valence-corrected chi connectivity index (χ0v) is 49.1. The number of ether oxygens (including phenoxy) is 5. The van der Waals surface area contributed by atoms with E-state index in [0.29, 0.717) is 42.9 Å². The van der Waals surface area contributed by atoms with Gasteiger partial charge in [0.2, 0.25) is 11.8 Å². The molecule has 0 aromatic heterocycles. The molecule has 14 heteroatoms. The summed E-state index contributed by atoms with van der Waals surface area (Å²) in [5, 5.41) is 0. The Morgan fingerprint density at radius 2 is 1.33 bits per heavy atom. The van der Waals surface area contributed by atoms with E-state index < -0.39 is 48.0 Å². The Morgan fingerprint density at radius 3 is 1.91 bits per heavy atom. The maximum absolute atomic E-state index is 14.9. The fraction of sp³-hybridized carbons (Fsp3) is 0.538. The molecule has 0 radical (unpaired) electrons. The van der Waals surface area contributed by atoms with Gasteiger partial charge < -0.3 is 38.4 Å². The van der Waals surface area contributed by atoms with Crippen LogP contribution in [0.25, 0.3) is 11.1 Å². The predicted octanol–water partition coefficient (Wildman–Crippen LogP) is 11.2. The molecule has 1 aliphatic heterocycles. The van der Waals surface area contributed by atoms with E-state index in [1.54, 1.807) is 51.4 Å². The number of hydrogen-bond acceptors (Lipinski definition) is 11. The zero-order chi connectivity index (χ0) is 57.7. The van der Waals surface area contributed by atoms with Crippen molar-refractivity contribution in [2.75, 3.05) is 48.6 Å². The van der Waals surface area contributed by atoms with Crippen molar-refractivity contribution in [1.29, 1.82) is 0 Å². The van der Waals surface area contributed by atoms with Gasteiger partial charge in [0.05, 0.1) is 44.7 Å². The van der Waals surface area contributed by atoms with Crippen molar-refractivity contribution < 1.29 is 52.5 Å². The van der Waals surface area contributed by atoms with E-state index in [0.717, 1.165) is 34.2 Å². The molecule has 0 saturated carbocycles. The van der Waals surface area contributed by atoms with Crippen molar-refractivity contribution in [3.05, 3.63) is 119 Å². The molecule has 0 unspecified atom stereocenters. The standard InChI is InChI=1S/C65H87N3O11/c1-14-42(6)62(66(9)63(72)53(40(2)3)36-57(70)61(41(4)5)67(10)65(74)79-39-54-51-27-20-18-25-49(51)50-26-19-21-28-52(50)54)59(77-13)37-60(71)68-32-22-29-55(68)43(7)44(8)56(69)34-47(33-45-23-16-15-17-24-45)64(73)78-38-46-30-31-48(75-11)35-58(46)76-12/h15-21,23-28,30-31,35,40-44,47,53-55,59,61-62H,14,22,29,32-34,36-39H2,1-13H3/t42-,43+,44+,47+,53-,55-,59+,61-,62-/m0/s1. The van der Waals surface area contributed by atoms with Crippen molar-refractivity contribution >= 4 is 35.4 Å². The van der Waals surface area contributed by atoms with Crippen LogP contribution in [0.1, 0.15) is 122 Å². The number of rotatable bonds is 28. The highest BCUT2D eigenvalue weighted by Gasteiger charge is 2.43. The van der Waals surface area contributed by atoms with Gasteiger partial charge in [0.25, 0.3) is 0 Å². The van der Waals surface area contributed by atoms with Gasteiger partial charge in [-0.2, -0.15) is 0 Å². The average Bonchev–Trinajstić information content (AvgIpc) is 4.12. The maximum atomic E-state index is 14.9. The normalized spacial score (nSPS) is 17.1. The van der Waals surface area contributed by atoms with Crippen LogP contribution in [0, 0.1) is 41.4 Å². The molecule has 4 aromatic carbocycles. The van der Waals surface area contributed by atoms with Crippen LogP contribution in [-0.2, 0) is 51.2 Å². The molecule has 0 bridgehead atoms. The Kier molecular flexibility index (Phi) is 22.3. The summed E-state index contributed by atoms with van der Waals surface area (Å²) in [4.78, 5) is 91.0. The van der Waals surface area contributed by atoms with Crippen LogP contribution >= 0.6 is 0 Å². The van der Waals surface area contributed by atoms with Gasteiger partial charge in [-0.25, -0.2) is 4.79 Å². The van der Waals surface area contributed by atoms with E-state index >= 15 is 0 Å². The molecule has 1 fully saturated rings. The number of nitrogens with zero attached hydrogens (tertiary/aromatic N) is 3. The molecule has 1 saturated heterocycles.